The van der Waals surface area contributed by atoms with Crippen molar-refractivity contribution >= 4 is 17.6 Å². The van der Waals surface area contributed by atoms with Gasteiger partial charge in [-0.25, -0.2) is 9.89 Å². The molecule has 1 N–H and O–H groups in total. The molecule has 1 aromatic heterocycles. The number of hydrogen-bond donors (Lipinski definition) is 1. The molecule has 0 atom stereocenters. The van der Waals surface area contributed by atoms with Crippen LogP contribution in [-0.4, -0.2) is 34.1 Å². The lowest BCUT2D eigenvalue weighted by Crippen LogP contribution is -2.06. The highest BCUT2D eigenvalue weighted by atomic mass is 35.5. The van der Waals surface area contributed by atoms with Crippen molar-refractivity contribution < 1.29 is 19.0 Å². The molecule has 116 valence electrons. The Balaban J connectivity index is 1.78. The Kier molecular flexibility index (Phi) is 4.15. The first-order valence-electron chi connectivity index (χ1n) is 6.89. The van der Waals surface area contributed by atoms with Gasteiger partial charge in [0.1, 0.15) is 11.5 Å². The number of hydrogen-bond acceptors (Lipinski definition) is 6. The van der Waals surface area contributed by atoms with Crippen LogP contribution >= 0.6 is 11.6 Å². The van der Waals surface area contributed by atoms with Gasteiger partial charge in [0, 0.05) is 6.07 Å². The lowest BCUT2D eigenvalue weighted by molar-refractivity contribution is 0.0516. The molecule has 0 aliphatic heterocycles. The van der Waals surface area contributed by atoms with Crippen LogP contribution in [0.15, 0.2) is 18.2 Å². The molecule has 0 unspecified atom stereocenters. The molecule has 22 heavy (non-hydrogen) atoms. The zero-order valence-corrected chi connectivity index (χ0v) is 12.6. The van der Waals surface area contributed by atoms with Gasteiger partial charge in [-0.1, -0.05) is 21.9 Å². The molecule has 1 aliphatic rings. The normalized spacial score (nSPS) is 13.7. The van der Waals surface area contributed by atoms with E-state index in [1.807, 2.05) is 0 Å². The zero-order chi connectivity index (χ0) is 15.5. The molecule has 0 saturated heterocycles. The predicted molar refractivity (Wildman–Crippen MR) is 77.5 cm³/mol. The number of benzene rings is 1. The first-order valence-corrected chi connectivity index (χ1v) is 7.27. The number of carbonyl (C=O) groups excluding carboxylic acids is 1. The van der Waals surface area contributed by atoms with Crippen molar-refractivity contribution in [1.82, 2.24) is 15.4 Å². The van der Waals surface area contributed by atoms with Crippen LogP contribution in [0, 0.1) is 0 Å². The molecular formula is C14H14ClN3O4. The third-order valence-corrected chi connectivity index (χ3v) is 3.24. The molecule has 0 bridgehead atoms. The summed E-state index contributed by atoms with van der Waals surface area (Å²) in [6.07, 6.45) is 2.27. The Hall–Kier alpha value is -2.28. The molecule has 3 rings (SSSR count). The fourth-order valence-corrected chi connectivity index (χ4v) is 1.90. The van der Waals surface area contributed by atoms with Gasteiger partial charge in [-0.3, -0.25) is 0 Å². The van der Waals surface area contributed by atoms with E-state index >= 15 is 0 Å². The summed E-state index contributed by atoms with van der Waals surface area (Å²) < 4.78 is 16.1. The Morgan fingerprint density at radius 3 is 3.00 bits per heavy atom. The zero-order valence-electron chi connectivity index (χ0n) is 11.8. The number of aromatic nitrogens is 3. The van der Waals surface area contributed by atoms with Crippen molar-refractivity contribution in [1.29, 1.82) is 0 Å². The molecule has 1 fully saturated rings. The largest absolute Gasteiger partial charge is 0.489 e. The van der Waals surface area contributed by atoms with Crippen LogP contribution in [0.5, 0.6) is 17.4 Å². The van der Waals surface area contributed by atoms with Crippen LogP contribution in [0.25, 0.3) is 0 Å². The monoisotopic (exact) mass is 323 g/mol. The highest BCUT2D eigenvalue weighted by Gasteiger charge is 2.25. The summed E-state index contributed by atoms with van der Waals surface area (Å²) in [5.41, 5.74) is 0.0569. The summed E-state index contributed by atoms with van der Waals surface area (Å²) in [5.74, 6) is 0.450. The number of nitrogens with one attached hydrogen (secondary N) is 1. The molecule has 0 radical (unpaired) electrons. The minimum absolute atomic E-state index is 0.0399. The highest BCUT2D eigenvalue weighted by molar-refractivity contribution is 6.32. The van der Waals surface area contributed by atoms with Gasteiger partial charge in [-0.2, -0.15) is 0 Å². The smallest absolute Gasteiger partial charge is 0.362 e. The maximum absolute atomic E-state index is 11.7. The molecule has 0 spiro atoms. The van der Waals surface area contributed by atoms with Crippen molar-refractivity contribution in [2.45, 2.75) is 25.9 Å². The van der Waals surface area contributed by atoms with Crippen LogP contribution in [0.4, 0.5) is 0 Å². The minimum atomic E-state index is -0.578. The Morgan fingerprint density at radius 1 is 1.45 bits per heavy atom. The van der Waals surface area contributed by atoms with E-state index in [1.165, 1.54) is 0 Å². The lowest BCUT2D eigenvalue weighted by Gasteiger charge is -2.09. The number of nitrogens with zero attached hydrogens (tertiary/aromatic N) is 2. The average Bonchev–Trinajstić information content (AvgIpc) is 3.19. The van der Waals surface area contributed by atoms with Gasteiger partial charge in [0.05, 0.1) is 17.7 Å². The molecule has 7 nitrogen and oxygen atoms in total. The van der Waals surface area contributed by atoms with E-state index in [1.54, 1.807) is 25.1 Å². The summed E-state index contributed by atoms with van der Waals surface area (Å²) in [4.78, 5) is 11.7. The van der Waals surface area contributed by atoms with Crippen molar-refractivity contribution in [2.24, 2.45) is 0 Å². The van der Waals surface area contributed by atoms with E-state index in [0.717, 1.165) is 12.8 Å². The van der Waals surface area contributed by atoms with Crippen LogP contribution < -0.4 is 9.47 Å². The average molecular weight is 324 g/mol. The van der Waals surface area contributed by atoms with Gasteiger partial charge in [0.15, 0.2) is 0 Å². The van der Waals surface area contributed by atoms with E-state index in [2.05, 4.69) is 15.4 Å². The van der Waals surface area contributed by atoms with Gasteiger partial charge in [0.2, 0.25) is 5.69 Å². The second kappa shape index (κ2) is 6.23. The van der Waals surface area contributed by atoms with Crippen LogP contribution in [0.3, 0.4) is 0 Å². The summed E-state index contributed by atoms with van der Waals surface area (Å²) in [5, 5.41) is 10.3. The van der Waals surface area contributed by atoms with E-state index in [-0.39, 0.29) is 24.3 Å². The molecule has 1 aromatic carbocycles. The van der Waals surface area contributed by atoms with Crippen molar-refractivity contribution in [3.63, 3.8) is 0 Å². The molecule has 1 aliphatic carbocycles. The summed E-state index contributed by atoms with van der Waals surface area (Å²) in [6.45, 7) is 1.96. The van der Waals surface area contributed by atoms with Gasteiger partial charge in [0.25, 0.3) is 5.88 Å². The number of ether oxygens (including phenoxy) is 3. The van der Waals surface area contributed by atoms with E-state index in [0.29, 0.717) is 16.5 Å². The summed E-state index contributed by atoms with van der Waals surface area (Å²) in [7, 11) is 0. The fourth-order valence-electron chi connectivity index (χ4n) is 1.74. The third kappa shape index (κ3) is 3.30. The second-order valence-electron chi connectivity index (χ2n) is 4.72. The standard InChI is InChI=1S/C14H14ClN3O4/c1-2-20-14(19)12-13(17-18-16-12)22-9-5-6-10(15)11(7-9)21-8-3-4-8/h5-8H,2-4H2,1H3,(H,16,17,18). The van der Waals surface area contributed by atoms with Crippen LogP contribution in [0.2, 0.25) is 5.02 Å². The maximum atomic E-state index is 11.7. The minimum Gasteiger partial charge on any atom is -0.489 e. The Labute approximate surface area is 131 Å². The quantitative estimate of drug-likeness (QED) is 0.822. The van der Waals surface area contributed by atoms with Crippen molar-refractivity contribution in [3.05, 3.63) is 28.9 Å². The highest BCUT2D eigenvalue weighted by Crippen LogP contribution is 2.35. The number of rotatable bonds is 6. The van der Waals surface area contributed by atoms with Crippen molar-refractivity contribution in [2.75, 3.05) is 6.61 Å². The summed E-state index contributed by atoms with van der Waals surface area (Å²) in [6, 6.07) is 4.98. The second-order valence-corrected chi connectivity index (χ2v) is 5.13. The van der Waals surface area contributed by atoms with Gasteiger partial charge in [-0.05, 0) is 31.9 Å². The third-order valence-electron chi connectivity index (χ3n) is 2.93. The Bertz CT molecular complexity index is 684. The molecule has 8 heteroatoms. The maximum Gasteiger partial charge on any atom is 0.362 e. The van der Waals surface area contributed by atoms with E-state index in [9.17, 15) is 4.79 Å². The first kappa shape index (κ1) is 14.6. The Morgan fingerprint density at radius 2 is 2.27 bits per heavy atom. The number of H-pyrrole nitrogens is 1. The topological polar surface area (TPSA) is 86.3 Å². The fraction of sp³-hybridized carbons (Fsp3) is 0.357. The van der Waals surface area contributed by atoms with Gasteiger partial charge in [-0.15, -0.1) is 0 Å². The van der Waals surface area contributed by atoms with Gasteiger partial charge < -0.3 is 14.2 Å². The van der Waals surface area contributed by atoms with E-state index < -0.39 is 5.97 Å². The summed E-state index contributed by atoms with van der Waals surface area (Å²) >= 11 is 6.08. The number of carbonyl (C=O) groups is 1. The SMILES string of the molecule is CCOC(=O)c1[nH]nnc1Oc1ccc(Cl)c(OC2CC2)c1. The molecule has 1 heterocycles. The first-order chi connectivity index (χ1) is 10.7. The molecule has 1 saturated carbocycles. The van der Waals surface area contributed by atoms with Crippen LogP contribution in [-0.2, 0) is 4.74 Å². The van der Waals surface area contributed by atoms with Crippen LogP contribution in [0.1, 0.15) is 30.3 Å². The number of esters is 1. The molecule has 2 aromatic rings. The lowest BCUT2D eigenvalue weighted by atomic mass is 10.3. The van der Waals surface area contributed by atoms with Gasteiger partial charge >= 0.3 is 5.97 Å². The number of aromatic amines is 1. The molecule has 0 amide bonds. The molecular weight excluding hydrogens is 310 g/mol. The van der Waals surface area contributed by atoms with Crippen molar-refractivity contribution in [3.8, 4) is 17.4 Å². The predicted octanol–water partition coefficient (Wildman–Crippen LogP) is 2.97. The number of halogens is 1. The van der Waals surface area contributed by atoms with E-state index in [4.69, 9.17) is 25.8 Å².